The van der Waals surface area contributed by atoms with Crippen LogP contribution < -0.4 is 10.9 Å². The summed E-state index contributed by atoms with van der Waals surface area (Å²) in [6, 6.07) is 0. The van der Waals surface area contributed by atoms with Crippen LogP contribution in [0, 0.1) is 0 Å². The maximum Gasteiger partial charge on any atom is 0.281 e. The van der Waals surface area contributed by atoms with Crippen molar-refractivity contribution in [3.8, 4) is 0 Å². The fraction of sp³-hybridized carbons (Fsp3) is 0.375. The Morgan fingerprint density at radius 2 is 2.19 bits per heavy atom. The molecule has 0 fully saturated rings. The molecule has 3 aromatic rings. The van der Waals surface area contributed by atoms with Crippen LogP contribution in [0.2, 0.25) is 0 Å². The van der Waals surface area contributed by atoms with Crippen molar-refractivity contribution in [1.29, 1.82) is 0 Å². The number of carbonyl (C=O) groups excluding carboxylic acids is 1. The number of fused-ring (bicyclic) bond motifs is 3. The quantitative estimate of drug-likeness (QED) is 0.692. The molecule has 0 unspecified atom stereocenters. The molecule has 0 aromatic carbocycles. The van der Waals surface area contributed by atoms with Crippen molar-refractivity contribution in [2.75, 3.05) is 5.32 Å². The predicted molar refractivity (Wildman–Crippen MR) is 96.3 cm³/mol. The van der Waals surface area contributed by atoms with Gasteiger partial charge in [0.2, 0.25) is 5.91 Å². The van der Waals surface area contributed by atoms with Crippen LogP contribution in [0.25, 0.3) is 10.2 Å². The number of alkyl halides is 2. The average Bonchev–Trinajstić information content (AvgIpc) is 3.27. The van der Waals surface area contributed by atoms with Crippen LogP contribution in [0.3, 0.4) is 0 Å². The van der Waals surface area contributed by atoms with Crippen molar-refractivity contribution in [1.82, 2.24) is 15.0 Å². The molecule has 6 nitrogen and oxygen atoms in total. The van der Waals surface area contributed by atoms with Crippen LogP contribution in [-0.4, -0.2) is 20.9 Å². The van der Waals surface area contributed by atoms with Gasteiger partial charge in [-0.1, -0.05) is 0 Å². The summed E-state index contributed by atoms with van der Waals surface area (Å²) in [5.74, 6) is 0.0848. The monoisotopic (exact) mass is 396 g/mol. The molecule has 136 valence electrons. The van der Waals surface area contributed by atoms with Crippen molar-refractivity contribution < 1.29 is 13.6 Å². The lowest BCUT2D eigenvalue weighted by Gasteiger charge is -2.02. The van der Waals surface area contributed by atoms with Gasteiger partial charge in [0, 0.05) is 23.1 Å². The lowest BCUT2D eigenvalue weighted by Crippen LogP contribution is -2.16. The Balaban J connectivity index is 1.44. The largest absolute Gasteiger partial charge is 0.310 e. The molecule has 0 atom stereocenters. The summed E-state index contributed by atoms with van der Waals surface area (Å²) in [6.07, 6.45) is 0.640. The Bertz CT molecular complexity index is 1040. The Morgan fingerprint density at radius 3 is 2.96 bits per heavy atom. The first-order valence-electron chi connectivity index (χ1n) is 8.08. The number of rotatable bonds is 5. The molecule has 0 spiro atoms. The predicted octanol–water partition coefficient (Wildman–Crippen LogP) is 3.44. The van der Waals surface area contributed by atoms with E-state index in [4.69, 9.17) is 0 Å². The van der Waals surface area contributed by atoms with Crippen LogP contribution in [0.4, 0.5) is 13.9 Å². The van der Waals surface area contributed by atoms with Gasteiger partial charge < -0.3 is 10.3 Å². The van der Waals surface area contributed by atoms with Crippen molar-refractivity contribution in [2.45, 2.75) is 38.5 Å². The second-order valence-electron chi connectivity index (χ2n) is 5.98. The number of aryl methyl sites for hydroxylation is 3. The third-order valence-corrected chi connectivity index (χ3v) is 6.17. The van der Waals surface area contributed by atoms with E-state index in [9.17, 15) is 18.4 Å². The minimum Gasteiger partial charge on any atom is -0.310 e. The van der Waals surface area contributed by atoms with Crippen LogP contribution in [0.1, 0.15) is 41.2 Å². The first kappa shape index (κ1) is 17.2. The molecule has 0 radical (unpaired) electrons. The average molecular weight is 396 g/mol. The Morgan fingerprint density at radius 1 is 1.35 bits per heavy atom. The second kappa shape index (κ2) is 6.84. The molecule has 0 saturated carbocycles. The molecule has 1 aliphatic rings. The van der Waals surface area contributed by atoms with E-state index in [1.807, 2.05) is 0 Å². The molecule has 0 bridgehead atoms. The maximum absolute atomic E-state index is 12.5. The number of H-pyrrole nitrogens is 1. The molecule has 1 amide bonds. The first-order chi connectivity index (χ1) is 12.5. The van der Waals surface area contributed by atoms with Gasteiger partial charge in [-0.05, 0) is 24.8 Å². The number of hydrogen-bond acceptors (Lipinski definition) is 6. The lowest BCUT2D eigenvalue weighted by molar-refractivity contribution is -0.116. The number of halogens is 2. The highest BCUT2D eigenvalue weighted by Gasteiger charge is 2.21. The summed E-state index contributed by atoms with van der Waals surface area (Å²) in [5.41, 5.74) is 0.598. The Labute approximate surface area is 154 Å². The molecule has 0 saturated heterocycles. The number of hydrogen-bond donors (Lipinski definition) is 2. The zero-order valence-corrected chi connectivity index (χ0v) is 15.1. The number of aromatic amines is 1. The van der Waals surface area contributed by atoms with E-state index < -0.39 is 6.43 Å². The number of thiazole rings is 1. The second-order valence-corrected chi connectivity index (χ2v) is 7.92. The first-order valence-corrected chi connectivity index (χ1v) is 9.77. The molecule has 4 rings (SSSR count). The van der Waals surface area contributed by atoms with Gasteiger partial charge in [-0.2, -0.15) is 0 Å². The molecular formula is C16H14F2N4O2S2. The summed E-state index contributed by atoms with van der Waals surface area (Å²) >= 11 is 2.50. The fourth-order valence-electron chi connectivity index (χ4n) is 3.02. The SMILES string of the molecule is O=C(CCc1nc2sc3c(c2c(=O)[nH]1)CCC3)Nc1nc(C(F)F)cs1. The fourth-order valence-corrected chi connectivity index (χ4v) is 5.02. The number of nitrogens with one attached hydrogen (secondary N) is 2. The van der Waals surface area contributed by atoms with Crippen molar-refractivity contribution >= 4 is 43.9 Å². The smallest absolute Gasteiger partial charge is 0.281 e. The molecule has 1 aliphatic carbocycles. The van der Waals surface area contributed by atoms with E-state index in [0.717, 1.165) is 41.0 Å². The summed E-state index contributed by atoms with van der Waals surface area (Å²) in [6.45, 7) is 0. The van der Waals surface area contributed by atoms with Gasteiger partial charge in [0.1, 0.15) is 16.3 Å². The molecule has 3 aromatic heterocycles. The molecule has 0 aliphatic heterocycles. The summed E-state index contributed by atoms with van der Waals surface area (Å²) in [4.78, 5) is 37.2. The highest BCUT2D eigenvalue weighted by Crippen LogP contribution is 2.34. The summed E-state index contributed by atoms with van der Waals surface area (Å²) < 4.78 is 25.0. The van der Waals surface area contributed by atoms with Gasteiger partial charge >= 0.3 is 0 Å². The number of nitrogens with zero attached hydrogens (tertiary/aromatic N) is 2. The Hall–Kier alpha value is -2.20. The highest BCUT2D eigenvalue weighted by atomic mass is 32.1. The number of anilines is 1. The van der Waals surface area contributed by atoms with Crippen LogP contribution in [0.5, 0.6) is 0 Å². The van der Waals surface area contributed by atoms with Gasteiger partial charge in [-0.3, -0.25) is 9.59 Å². The van der Waals surface area contributed by atoms with E-state index in [1.165, 1.54) is 10.3 Å². The molecule has 26 heavy (non-hydrogen) atoms. The normalized spacial score (nSPS) is 13.5. The third kappa shape index (κ3) is 3.26. The van der Waals surface area contributed by atoms with Crippen LogP contribution >= 0.6 is 22.7 Å². The standard InChI is InChI=1S/C16H14F2N4O2S2/c17-13(18)8-6-25-16(19-8)22-11(23)5-4-10-20-14(24)12-7-2-1-3-9(7)26-15(12)21-10/h6,13H,1-5H2,(H,19,22,23)(H,20,21,24). The lowest BCUT2D eigenvalue weighted by atomic mass is 10.2. The van der Waals surface area contributed by atoms with Crippen LogP contribution in [0.15, 0.2) is 10.2 Å². The van der Waals surface area contributed by atoms with Gasteiger partial charge in [0.15, 0.2) is 5.13 Å². The maximum atomic E-state index is 12.5. The van der Waals surface area contributed by atoms with Crippen molar-refractivity contribution in [3.05, 3.63) is 37.7 Å². The summed E-state index contributed by atoms with van der Waals surface area (Å²) in [7, 11) is 0. The molecule has 2 N–H and O–H groups in total. The van der Waals surface area contributed by atoms with E-state index in [-0.39, 0.29) is 35.1 Å². The van der Waals surface area contributed by atoms with E-state index in [1.54, 1.807) is 11.3 Å². The topological polar surface area (TPSA) is 87.7 Å². The number of carbonyl (C=O) groups is 1. The van der Waals surface area contributed by atoms with Gasteiger partial charge in [0.05, 0.1) is 5.39 Å². The van der Waals surface area contributed by atoms with Gasteiger partial charge in [-0.15, -0.1) is 22.7 Å². The van der Waals surface area contributed by atoms with E-state index >= 15 is 0 Å². The minimum absolute atomic E-state index is 0.0725. The number of aromatic nitrogens is 3. The van der Waals surface area contributed by atoms with Gasteiger partial charge in [0.25, 0.3) is 12.0 Å². The minimum atomic E-state index is -2.66. The zero-order valence-electron chi connectivity index (χ0n) is 13.5. The van der Waals surface area contributed by atoms with Crippen molar-refractivity contribution in [2.24, 2.45) is 0 Å². The van der Waals surface area contributed by atoms with Crippen molar-refractivity contribution in [3.63, 3.8) is 0 Å². The molecule has 10 heteroatoms. The molecule has 3 heterocycles. The zero-order chi connectivity index (χ0) is 18.3. The third-order valence-electron chi connectivity index (χ3n) is 4.20. The van der Waals surface area contributed by atoms with Crippen LogP contribution in [-0.2, 0) is 24.1 Å². The van der Waals surface area contributed by atoms with Gasteiger partial charge in [-0.25, -0.2) is 18.7 Å². The molecular weight excluding hydrogens is 382 g/mol. The Kier molecular flexibility index (Phi) is 4.53. The van der Waals surface area contributed by atoms with E-state index in [2.05, 4.69) is 20.3 Å². The number of thiophene rings is 1. The highest BCUT2D eigenvalue weighted by molar-refractivity contribution is 7.18. The van der Waals surface area contributed by atoms with E-state index in [0.29, 0.717) is 11.2 Å². The summed E-state index contributed by atoms with van der Waals surface area (Å²) in [5, 5.41) is 4.51. The number of amides is 1.